The number of benzene rings is 1. The Balaban J connectivity index is 1.89. The molecular formula is C15H15Cl2NO2. The van der Waals surface area contributed by atoms with E-state index in [9.17, 15) is 0 Å². The molecule has 1 aliphatic rings. The first-order chi connectivity index (χ1) is 9.63. The number of rotatable bonds is 2. The standard InChI is InChI=1S/C15H15Cl2NO2/c1-18-6-4-13(11-5-7-19-15(11)9-18)20-14-8-10(16)2-3-12(14)17/h2-3,5,7-8,13H,4,6,9H2,1H3. The van der Waals surface area contributed by atoms with Gasteiger partial charge in [0.05, 0.1) is 17.8 Å². The van der Waals surface area contributed by atoms with Crippen LogP contribution in [0.15, 0.2) is 34.9 Å². The van der Waals surface area contributed by atoms with Crippen molar-refractivity contribution in [2.24, 2.45) is 0 Å². The molecule has 0 N–H and O–H groups in total. The van der Waals surface area contributed by atoms with Gasteiger partial charge in [-0.3, -0.25) is 4.90 Å². The molecule has 0 saturated carbocycles. The zero-order valence-electron chi connectivity index (χ0n) is 11.1. The van der Waals surface area contributed by atoms with Gasteiger partial charge >= 0.3 is 0 Å². The molecule has 106 valence electrons. The van der Waals surface area contributed by atoms with Gasteiger partial charge in [0.15, 0.2) is 0 Å². The van der Waals surface area contributed by atoms with Crippen LogP contribution in [0.2, 0.25) is 10.0 Å². The van der Waals surface area contributed by atoms with E-state index in [4.69, 9.17) is 32.4 Å². The highest BCUT2D eigenvalue weighted by atomic mass is 35.5. The minimum Gasteiger partial charge on any atom is -0.484 e. The van der Waals surface area contributed by atoms with E-state index >= 15 is 0 Å². The molecule has 0 bridgehead atoms. The second-order valence-corrected chi connectivity index (χ2v) is 5.85. The molecule has 1 aromatic carbocycles. The molecule has 2 aromatic rings. The van der Waals surface area contributed by atoms with E-state index in [1.165, 1.54) is 0 Å². The second-order valence-electron chi connectivity index (χ2n) is 5.01. The lowest BCUT2D eigenvalue weighted by molar-refractivity contribution is 0.183. The Kier molecular flexibility index (Phi) is 3.92. The first-order valence-corrected chi connectivity index (χ1v) is 7.25. The van der Waals surface area contributed by atoms with Crippen molar-refractivity contribution in [3.8, 4) is 5.75 Å². The summed E-state index contributed by atoms with van der Waals surface area (Å²) < 4.78 is 11.6. The quantitative estimate of drug-likeness (QED) is 0.814. The first kappa shape index (κ1) is 13.8. The molecule has 2 heterocycles. The molecule has 20 heavy (non-hydrogen) atoms. The van der Waals surface area contributed by atoms with Crippen LogP contribution in [-0.4, -0.2) is 18.5 Å². The number of nitrogens with zero attached hydrogens (tertiary/aromatic N) is 1. The maximum absolute atomic E-state index is 6.17. The monoisotopic (exact) mass is 311 g/mol. The highest BCUT2D eigenvalue weighted by Gasteiger charge is 2.25. The Bertz CT molecular complexity index is 612. The molecule has 0 radical (unpaired) electrons. The minimum atomic E-state index is -0.0651. The molecule has 1 unspecified atom stereocenters. The number of halogens is 2. The van der Waals surface area contributed by atoms with Gasteiger partial charge in [-0.1, -0.05) is 23.2 Å². The zero-order chi connectivity index (χ0) is 14.1. The van der Waals surface area contributed by atoms with Crippen molar-refractivity contribution in [2.75, 3.05) is 13.6 Å². The average molecular weight is 312 g/mol. The van der Waals surface area contributed by atoms with Crippen molar-refractivity contribution in [3.05, 3.63) is 51.9 Å². The Morgan fingerprint density at radius 3 is 3.00 bits per heavy atom. The van der Waals surface area contributed by atoms with Crippen LogP contribution >= 0.6 is 23.2 Å². The molecule has 0 saturated heterocycles. The molecule has 1 aliphatic heterocycles. The fraction of sp³-hybridized carbons (Fsp3) is 0.333. The van der Waals surface area contributed by atoms with Crippen molar-refractivity contribution >= 4 is 23.2 Å². The van der Waals surface area contributed by atoms with Crippen LogP contribution in [0.1, 0.15) is 23.8 Å². The van der Waals surface area contributed by atoms with Gasteiger partial charge in [0.2, 0.25) is 0 Å². The zero-order valence-corrected chi connectivity index (χ0v) is 12.6. The lowest BCUT2D eigenvalue weighted by atomic mass is 10.1. The van der Waals surface area contributed by atoms with Crippen molar-refractivity contribution in [3.63, 3.8) is 0 Å². The summed E-state index contributed by atoms with van der Waals surface area (Å²) in [6, 6.07) is 7.22. The van der Waals surface area contributed by atoms with E-state index in [0.717, 1.165) is 30.8 Å². The van der Waals surface area contributed by atoms with Crippen LogP contribution in [0.25, 0.3) is 0 Å². The SMILES string of the molecule is CN1CCC(Oc2cc(Cl)ccc2Cl)c2ccoc2C1. The summed E-state index contributed by atoms with van der Waals surface area (Å²) in [5.41, 5.74) is 1.09. The topological polar surface area (TPSA) is 25.6 Å². The van der Waals surface area contributed by atoms with Gasteiger partial charge in [-0.2, -0.15) is 0 Å². The molecule has 0 fully saturated rings. The maximum atomic E-state index is 6.17. The highest BCUT2D eigenvalue weighted by Crippen LogP contribution is 2.35. The van der Waals surface area contributed by atoms with Crippen LogP contribution in [0.5, 0.6) is 5.75 Å². The predicted octanol–water partition coefficient (Wildman–Crippen LogP) is 4.54. The van der Waals surface area contributed by atoms with Crippen LogP contribution in [-0.2, 0) is 6.54 Å². The number of ether oxygens (including phenoxy) is 1. The van der Waals surface area contributed by atoms with E-state index in [1.54, 1.807) is 24.5 Å². The Morgan fingerprint density at radius 1 is 1.30 bits per heavy atom. The second kappa shape index (κ2) is 5.68. The van der Waals surface area contributed by atoms with Gasteiger partial charge in [-0.25, -0.2) is 0 Å². The summed E-state index contributed by atoms with van der Waals surface area (Å²) >= 11 is 12.2. The van der Waals surface area contributed by atoms with Crippen LogP contribution in [0, 0.1) is 0 Å². The number of furan rings is 1. The summed E-state index contributed by atoms with van der Waals surface area (Å²) in [6.07, 6.45) is 2.52. The van der Waals surface area contributed by atoms with Gasteiger partial charge in [0.25, 0.3) is 0 Å². The van der Waals surface area contributed by atoms with Gasteiger partial charge < -0.3 is 9.15 Å². The molecule has 0 amide bonds. The molecule has 3 rings (SSSR count). The summed E-state index contributed by atoms with van der Waals surface area (Å²) in [4.78, 5) is 2.21. The van der Waals surface area contributed by atoms with E-state index in [1.807, 2.05) is 6.07 Å². The molecule has 1 atom stereocenters. The fourth-order valence-electron chi connectivity index (χ4n) is 2.43. The van der Waals surface area contributed by atoms with Crippen molar-refractivity contribution in [1.29, 1.82) is 0 Å². The molecular weight excluding hydrogens is 297 g/mol. The Labute approximate surface area is 128 Å². The number of hydrogen-bond acceptors (Lipinski definition) is 3. The first-order valence-electron chi connectivity index (χ1n) is 6.50. The molecule has 1 aromatic heterocycles. The summed E-state index contributed by atoms with van der Waals surface area (Å²) in [5.74, 6) is 1.56. The van der Waals surface area contributed by atoms with Crippen LogP contribution in [0.3, 0.4) is 0 Å². The van der Waals surface area contributed by atoms with Crippen LogP contribution in [0.4, 0.5) is 0 Å². The van der Waals surface area contributed by atoms with E-state index < -0.39 is 0 Å². The van der Waals surface area contributed by atoms with E-state index in [-0.39, 0.29) is 6.10 Å². The normalized spacial score (nSPS) is 19.4. The van der Waals surface area contributed by atoms with Crippen molar-refractivity contribution < 1.29 is 9.15 Å². The molecule has 5 heteroatoms. The highest BCUT2D eigenvalue weighted by molar-refractivity contribution is 6.34. The van der Waals surface area contributed by atoms with Gasteiger partial charge in [0, 0.05) is 29.6 Å². The lowest BCUT2D eigenvalue weighted by Gasteiger charge is -2.18. The van der Waals surface area contributed by atoms with Gasteiger partial charge in [0.1, 0.15) is 17.6 Å². The summed E-state index contributed by atoms with van der Waals surface area (Å²) in [5, 5.41) is 1.18. The smallest absolute Gasteiger partial charge is 0.140 e. The fourth-order valence-corrected chi connectivity index (χ4v) is 2.75. The number of fused-ring (bicyclic) bond motifs is 1. The Hall–Kier alpha value is -1.16. The van der Waals surface area contributed by atoms with Crippen molar-refractivity contribution in [1.82, 2.24) is 4.90 Å². The van der Waals surface area contributed by atoms with Crippen molar-refractivity contribution in [2.45, 2.75) is 19.1 Å². The molecule has 0 aliphatic carbocycles. The lowest BCUT2D eigenvalue weighted by Crippen LogP contribution is -2.18. The van der Waals surface area contributed by atoms with Crippen LogP contribution < -0.4 is 4.74 Å². The van der Waals surface area contributed by atoms with Gasteiger partial charge in [-0.15, -0.1) is 0 Å². The minimum absolute atomic E-state index is 0.0651. The average Bonchev–Trinajstić information content (AvgIpc) is 2.81. The maximum Gasteiger partial charge on any atom is 0.140 e. The third-order valence-electron chi connectivity index (χ3n) is 3.48. The summed E-state index contributed by atoms with van der Waals surface area (Å²) in [7, 11) is 2.07. The summed E-state index contributed by atoms with van der Waals surface area (Å²) in [6.45, 7) is 1.73. The number of hydrogen-bond donors (Lipinski definition) is 0. The molecule has 0 spiro atoms. The van der Waals surface area contributed by atoms with Gasteiger partial charge in [-0.05, 0) is 25.2 Å². The third-order valence-corrected chi connectivity index (χ3v) is 4.02. The molecule has 3 nitrogen and oxygen atoms in total. The third kappa shape index (κ3) is 2.80. The van der Waals surface area contributed by atoms with E-state index in [2.05, 4.69) is 11.9 Å². The Morgan fingerprint density at radius 2 is 2.15 bits per heavy atom. The predicted molar refractivity (Wildman–Crippen MR) is 79.5 cm³/mol. The van der Waals surface area contributed by atoms with E-state index in [0.29, 0.717) is 15.8 Å². The largest absolute Gasteiger partial charge is 0.484 e.